The van der Waals surface area contributed by atoms with Crippen LogP contribution in [0.3, 0.4) is 0 Å². The van der Waals surface area contributed by atoms with Crippen molar-refractivity contribution in [1.82, 2.24) is 9.78 Å². The van der Waals surface area contributed by atoms with Crippen LogP contribution in [0.25, 0.3) is 0 Å². The van der Waals surface area contributed by atoms with Crippen LogP contribution in [-0.4, -0.2) is 9.78 Å². The molecular weight excluding hydrogens is 193 g/mol. The molecule has 0 radical (unpaired) electrons. The van der Waals surface area contributed by atoms with Gasteiger partial charge in [0.15, 0.2) is 5.15 Å². The van der Waals surface area contributed by atoms with Crippen molar-refractivity contribution in [3.8, 4) is 0 Å². The third-order valence-corrected chi connectivity index (χ3v) is 2.12. The van der Waals surface area contributed by atoms with Gasteiger partial charge in [-0.2, -0.15) is 5.10 Å². The molecule has 2 unspecified atom stereocenters. The summed E-state index contributed by atoms with van der Waals surface area (Å²) in [6.07, 6.45) is 1.78. The third-order valence-electron chi connectivity index (χ3n) is 1.53. The summed E-state index contributed by atoms with van der Waals surface area (Å²) in [5, 5.41) is 2.58. The molecule has 0 N–H and O–H groups in total. The third kappa shape index (κ3) is 2.24. The van der Waals surface area contributed by atoms with Crippen LogP contribution in [0.1, 0.15) is 25.6 Å². The van der Waals surface area contributed by atoms with Gasteiger partial charge in [-0.15, -0.1) is 0 Å². The molecule has 0 fully saturated rings. The lowest BCUT2D eigenvalue weighted by molar-refractivity contribution is 0.404. The first-order valence-electron chi connectivity index (χ1n) is 3.73. The molecule has 1 rings (SSSR count). The number of hydrogen-bond donors (Lipinski definition) is 0. The van der Waals surface area contributed by atoms with E-state index in [0.717, 1.165) is 0 Å². The summed E-state index contributed by atoms with van der Waals surface area (Å²) in [6, 6.07) is 1.95. The quantitative estimate of drug-likeness (QED) is 0.679. The highest BCUT2D eigenvalue weighted by molar-refractivity contribution is 7.38. The summed E-state index contributed by atoms with van der Waals surface area (Å²) in [5.74, 6) is 0. The lowest BCUT2D eigenvalue weighted by atomic mass is 10.4. The summed E-state index contributed by atoms with van der Waals surface area (Å²) in [5.41, 5.74) is 0.422. The van der Waals surface area contributed by atoms with Crippen LogP contribution in [0.4, 0.5) is 4.39 Å². The molecule has 0 aliphatic heterocycles. The van der Waals surface area contributed by atoms with Crippen LogP contribution in [0.2, 0.25) is 0 Å². The maximum absolute atomic E-state index is 13.2. The molecule has 1 aromatic heterocycles. The highest BCUT2D eigenvalue weighted by Crippen LogP contribution is 2.38. The second kappa shape index (κ2) is 3.40. The van der Waals surface area contributed by atoms with Crippen molar-refractivity contribution in [2.45, 2.75) is 25.0 Å². The molecule has 0 aliphatic rings. The average Bonchev–Trinajstić information content (AvgIpc) is 2.30. The van der Waals surface area contributed by atoms with E-state index in [1.54, 1.807) is 16.9 Å². The Balaban J connectivity index is 2.92. The van der Waals surface area contributed by atoms with Crippen molar-refractivity contribution in [3.63, 3.8) is 0 Å². The van der Waals surface area contributed by atoms with Crippen LogP contribution >= 0.6 is 18.5 Å². The van der Waals surface area contributed by atoms with Gasteiger partial charge in [-0.25, -0.2) is 4.39 Å². The van der Waals surface area contributed by atoms with E-state index in [2.05, 4.69) is 23.6 Å². The minimum atomic E-state index is -1.50. The Bertz CT molecular complexity index is 265. The number of hydrogen-bond acceptors (Lipinski definition) is 1. The van der Waals surface area contributed by atoms with E-state index in [4.69, 9.17) is 0 Å². The fourth-order valence-electron chi connectivity index (χ4n) is 0.830. The van der Waals surface area contributed by atoms with E-state index in [1.165, 1.54) is 0 Å². The highest BCUT2D eigenvalue weighted by atomic mass is 31.1. The molecule has 0 amide bonds. The van der Waals surface area contributed by atoms with Crippen LogP contribution in [0.5, 0.6) is 0 Å². The predicted octanol–water partition coefficient (Wildman–Crippen LogP) is 2.29. The van der Waals surface area contributed by atoms with Gasteiger partial charge in [0.05, 0.1) is 0 Å². The Labute approximate surface area is 76.3 Å². The van der Waals surface area contributed by atoms with Crippen molar-refractivity contribution in [2.75, 3.05) is 0 Å². The summed E-state index contributed by atoms with van der Waals surface area (Å²) in [6.45, 7) is 4.00. The normalized spacial score (nSPS) is 12.5. The molecule has 0 saturated carbocycles. The zero-order valence-electron chi connectivity index (χ0n) is 7.16. The van der Waals surface area contributed by atoms with Gasteiger partial charge >= 0.3 is 0 Å². The standard InChI is InChI=1S/C7H13FN2P2/c1-5(2)10-4-3-6(9-10)7(8,11)12/h3-5H,11-12H2,1-2H3. The first-order valence-corrected chi connectivity index (χ1v) is 4.89. The van der Waals surface area contributed by atoms with Crippen LogP contribution < -0.4 is 0 Å². The molecule has 0 bridgehead atoms. The highest BCUT2D eigenvalue weighted by Gasteiger charge is 2.22. The average molecular weight is 206 g/mol. The maximum atomic E-state index is 13.2. The fourth-order valence-corrected chi connectivity index (χ4v) is 1.14. The summed E-state index contributed by atoms with van der Waals surface area (Å²) >= 11 is 0. The minimum absolute atomic E-state index is 0.274. The molecular formula is C7H13FN2P2. The minimum Gasteiger partial charge on any atom is -0.270 e. The van der Waals surface area contributed by atoms with Gasteiger partial charge < -0.3 is 0 Å². The van der Waals surface area contributed by atoms with E-state index >= 15 is 0 Å². The lowest BCUT2D eigenvalue weighted by Crippen LogP contribution is -2.06. The second-order valence-corrected chi connectivity index (χ2v) is 5.39. The zero-order chi connectivity index (χ0) is 9.35. The topological polar surface area (TPSA) is 17.8 Å². The zero-order valence-corrected chi connectivity index (χ0v) is 9.47. The van der Waals surface area contributed by atoms with Gasteiger partial charge in [0.25, 0.3) is 0 Å². The molecule has 12 heavy (non-hydrogen) atoms. The van der Waals surface area contributed by atoms with E-state index in [9.17, 15) is 4.39 Å². The van der Waals surface area contributed by atoms with E-state index in [0.29, 0.717) is 5.69 Å². The van der Waals surface area contributed by atoms with E-state index < -0.39 is 5.15 Å². The van der Waals surface area contributed by atoms with Crippen molar-refractivity contribution >= 4 is 18.5 Å². The number of halogens is 1. The summed E-state index contributed by atoms with van der Waals surface area (Å²) < 4.78 is 15.0. The van der Waals surface area contributed by atoms with Gasteiger partial charge in [-0.1, -0.05) is 18.5 Å². The smallest absolute Gasteiger partial charge is 0.178 e. The van der Waals surface area contributed by atoms with Gasteiger partial charge in [0.2, 0.25) is 0 Å². The molecule has 0 aromatic carbocycles. The molecule has 2 nitrogen and oxygen atoms in total. The molecule has 2 atom stereocenters. The van der Waals surface area contributed by atoms with Gasteiger partial charge in [0.1, 0.15) is 5.69 Å². The summed E-state index contributed by atoms with van der Waals surface area (Å²) in [4.78, 5) is 0. The Morgan fingerprint density at radius 3 is 2.42 bits per heavy atom. The second-order valence-electron chi connectivity index (χ2n) is 3.04. The predicted molar refractivity (Wildman–Crippen MR) is 54.8 cm³/mol. The van der Waals surface area contributed by atoms with Gasteiger partial charge in [-0.05, 0) is 19.9 Å². The van der Waals surface area contributed by atoms with Gasteiger partial charge in [-0.3, -0.25) is 4.68 Å². The molecule has 68 valence electrons. The largest absolute Gasteiger partial charge is 0.270 e. The van der Waals surface area contributed by atoms with Crippen molar-refractivity contribution in [2.24, 2.45) is 0 Å². The molecule has 0 saturated heterocycles. The SMILES string of the molecule is CC(C)n1ccc(C(F)(P)P)n1. The number of alkyl halides is 1. The van der Waals surface area contributed by atoms with E-state index in [1.807, 2.05) is 13.8 Å². The molecule has 0 aliphatic carbocycles. The Morgan fingerprint density at radius 1 is 1.58 bits per heavy atom. The fraction of sp³-hybridized carbons (Fsp3) is 0.571. The van der Waals surface area contributed by atoms with E-state index in [-0.39, 0.29) is 6.04 Å². The van der Waals surface area contributed by atoms with Crippen molar-refractivity contribution in [3.05, 3.63) is 18.0 Å². The Hall–Kier alpha value is -0.000000000000000167. The van der Waals surface area contributed by atoms with Crippen molar-refractivity contribution < 1.29 is 4.39 Å². The molecule has 1 heterocycles. The molecule has 5 heteroatoms. The van der Waals surface area contributed by atoms with Crippen LogP contribution in [0.15, 0.2) is 12.3 Å². The lowest BCUT2D eigenvalue weighted by Gasteiger charge is -2.10. The maximum Gasteiger partial charge on any atom is 0.178 e. The Morgan fingerprint density at radius 2 is 2.17 bits per heavy atom. The first-order chi connectivity index (χ1) is 5.41. The monoisotopic (exact) mass is 206 g/mol. The van der Waals surface area contributed by atoms with Crippen LogP contribution in [-0.2, 0) is 5.15 Å². The Kier molecular flexibility index (Phi) is 2.85. The number of rotatable bonds is 2. The number of aromatic nitrogens is 2. The first kappa shape index (κ1) is 10.1. The van der Waals surface area contributed by atoms with Gasteiger partial charge in [0, 0.05) is 12.2 Å². The number of nitrogens with zero attached hydrogens (tertiary/aromatic N) is 2. The van der Waals surface area contributed by atoms with Crippen LogP contribution in [0, 0.1) is 0 Å². The van der Waals surface area contributed by atoms with Crippen molar-refractivity contribution in [1.29, 1.82) is 0 Å². The summed E-state index contributed by atoms with van der Waals surface area (Å²) in [7, 11) is 4.19. The molecule has 0 spiro atoms. The molecule has 1 aromatic rings.